The maximum atomic E-state index is 6.00. The summed E-state index contributed by atoms with van der Waals surface area (Å²) < 4.78 is 7.27. The summed E-state index contributed by atoms with van der Waals surface area (Å²) in [6.07, 6.45) is 0. The number of ether oxygens (including phenoxy) is 1. The summed E-state index contributed by atoms with van der Waals surface area (Å²) in [4.78, 5) is 4.65. The third-order valence-corrected chi connectivity index (χ3v) is 3.42. The van der Waals surface area contributed by atoms with E-state index in [0.717, 1.165) is 22.4 Å². The van der Waals surface area contributed by atoms with Gasteiger partial charge in [0.15, 0.2) is 0 Å². The van der Waals surface area contributed by atoms with Gasteiger partial charge in [-0.1, -0.05) is 17.7 Å². The Labute approximate surface area is 121 Å². The number of methoxy groups -OCH3 is 1. The Kier molecular flexibility index (Phi) is 3.34. The first kappa shape index (κ1) is 13.0. The second-order valence-electron chi connectivity index (χ2n) is 4.50. The van der Waals surface area contributed by atoms with Crippen LogP contribution in [0.5, 0.6) is 0 Å². The van der Waals surface area contributed by atoms with Crippen molar-refractivity contribution in [2.24, 2.45) is 0 Å². The second-order valence-corrected chi connectivity index (χ2v) is 4.94. The molecule has 0 aliphatic carbocycles. The van der Waals surface area contributed by atoms with Crippen molar-refractivity contribution in [3.8, 4) is 11.4 Å². The van der Waals surface area contributed by atoms with Crippen LogP contribution < -0.4 is 5.73 Å². The molecule has 102 valence electrons. The molecule has 4 nitrogen and oxygen atoms in total. The molecule has 0 bridgehead atoms. The Morgan fingerprint density at radius 1 is 1.20 bits per heavy atom. The molecule has 0 spiro atoms. The lowest BCUT2D eigenvalue weighted by atomic mass is 10.2. The molecule has 0 fully saturated rings. The van der Waals surface area contributed by atoms with Gasteiger partial charge < -0.3 is 10.5 Å². The predicted octanol–water partition coefficient (Wildman–Crippen LogP) is 3.54. The molecule has 0 aliphatic heterocycles. The van der Waals surface area contributed by atoms with Crippen molar-refractivity contribution < 1.29 is 4.74 Å². The van der Waals surface area contributed by atoms with Gasteiger partial charge >= 0.3 is 0 Å². The van der Waals surface area contributed by atoms with E-state index >= 15 is 0 Å². The molecule has 5 heteroatoms. The van der Waals surface area contributed by atoms with Gasteiger partial charge in [0.2, 0.25) is 0 Å². The van der Waals surface area contributed by atoms with Crippen LogP contribution in [0, 0.1) is 0 Å². The number of benzene rings is 2. The van der Waals surface area contributed by atoms with Gasteiger partial charge in [-0.15, -0.1) is 0 Å². The largest absolute Gasteiger partial charge is 0.397 e. The number of anilines is 1. The van der Waals surface area contributed by atoms with Crippen LogP contribution in [0.2, 0.25) is 5.02 Å². The number of aromatic nitrogens is 2. The number of halogens is 1. The fourth-order valence-electron chi connectivity index (χ4n) is 2.25. The Morgan fingerprint density at radius 2 is 1.95 bits per heavy atom. The number of imidazole rings is 1. The van der Waals surface area contributed by atoms with E-state index in [4.69, 9.17) is 22.1 Å². The molecular weight excluding hydrogens is 274 g/mol. The van der Waals surface area contributed by atoms with Gasteiger partial charge in [0.05, 0.1) is 11.2 Å². The Bertz CT molecular complexity index is 750. The van der Waals surface area contributed by atoms with Crippen LogP contribution in [0.4, 0.5) is 5.69 Å². The van der Waals surface area contributed by atoms with E-state index in [9.17, 15) is 0 Å². The van der Waals surface area contributed by atoms with Crippen molar-refractivity contribution in [2.45, 2.75) is 6.73 Å². The molecule has 0 unspecified atom stereocenters. The molecule has 0 saturated heterocycles. The van der Waals surface area contributed by atoms with Crippen molar-refractivity contribution in [1.29, 1.82) is 0 Å². The quantitative estimate of drug-likeness (QED) is 0.750. The number of para-hydroxylation sites is 1. The van der Waals surface area contributed by atoms with Gasteiger partial charge in [-0.05, 0) is 36.4 Å². The van der Waals surface area contributed by atoms with Crippen LogP contribution in [0.25, 0.3) is 22.4 Å². The average molecular weight is 288 g/mol. The van der Waals surface area contributed by atoms with Gasteiger partial charge in [0, 0.05) is 17.7 Å². The fourth-order valence-corrected chi connectivity index (χ4v) is 2.37. The maximum absolute atomic E-state index is 6.00. The smallest absolute Gasteiger partial charge is 0.143 e. The Morgan fingerprint density at radius 3 is 2.65 bits per heavy atom. The molecule has 2 aromatic carbocycles. The zero-order valence-corrected chi connectivity index (χ0v) is 11.8. The highest BCUT2D eigenvalue weighted by Crippen LogP contribution is 2.28. The van der Waals surface area contributed by atoms with E-state index in [0.29, 0.717) is 17.4 Å². The molecule has 0 saturated carbocycles. The summed E-state index contributed by atoms with van der Waals surface area (Å²) in [6, 6.07) is 13.3. The molecule has 0 atom stereocenters. The van der Waals surface area contributed by atoms with Gasteiger partial charge in [-0.2, -0.15) is 0 Å². The molecule has 3 rings (SSSR count). The number of fused-ring (bicyclic) bond motifs is 1. The number of nitrogens with two attached hydrogens (primary N) is 1. The van der Waals surface area contributed by atoms with Gasteiger partial charge in [0.1, 0.15) is 18.1 Å². The lowest BCUT2D eigenvalue weighted by Gasteiger charge is -2.08. The normalized spacial score (nSPS) is 11.1. The maximum Gasteiger partial charge on any atom is 0.143 e. The van der Waals surface area contributed by atoms with Gasteiger partial charge in [0.25, 0.3) is 0 Å². The van der Waals surface area contributed by atoms with E-state index < -0.39 is 0 Å². The van der Waals surface area contributed by atoms with Crippen molar-refractivity contribution in [3.05, 3.63) is 47.5 Å². The first-order valence-corrected chi connectivity index (χ1v) is 6.58. The van der Waals surface area contributed by atoms with E-state index in [1.165, 1.54) is 0 Å². The van der Waals surface area contributed by atoms with Crippen molar-refractivity contribution in [2.75, 3.05) is 12.8 Å². The summed E-state index contributed by atoms with van der Waals surface area (Å²) in [7, 11) is 1.66. The summed E-state index contributed by atoms with van der Waals surface area (Å²) in [5.74, 6) is 0.816. The lowest BCUT2D eigenvalue weighted by molar-refractivity contribution is 0.135. The van der Waals surface area contributed by atoms with Crippen LogP contribution in [0.3, 0.4) is 0 Å². The standard InChI is InChI=1S/C15H14ClN3O/c1-20-9-19-13-4-2-3-12(17)14(13)18-15(19)10-5-7-11(16)8-6-10/h2-8H,9,17H2,1H3. The number of hydrogen-bond acceptors (Lipinski definition) is 3. The highest BCUT2D eigenvalue weighted by molar-refractivity contribution is 6.30. The van der Waals surface area contributed by atoms with Gasteiger partial charge in [-0.25, -0.2) is 4.98 Å². The molecule has 0 amide bonds. The summed E-state index contributed by atoms with van der Waals surface area (Å²) >= 11 is 5.93. The molecule has 1 heterocycles. The molecule has 2 N–H and O–H groups in total. The van der Waals surface area contributed by atoms with Crippen LogP contribution >= 0.6 is 11.6 Å². The van der Waals surface area contributed by atoms with Crippen molar-refractivity contribution in [3.63, 3.8) is 0 Å². The van der Waals surface area contributed by atoms with E-state index in [2.05, 4.69) is 4.98 Å². The van der Waals surface area contributed by atoms with Crippen LogP contribution in [-0.4, -0.2) is 16.7 Å². The SMILES string of the molecule is COCn1c(-c2ccc(Cl)cc2)nc2c(N)cccc21. The highest BCUT2D eigenvalue weighted by Gasteiger charge is 2.13. The first-order chi connectivity index (χ1) is 9.70. The number of rotatable bonds is 3. The topological polar surface area (TPSA) is 53.1 Å². The first-order valence-electron chi connectivity index (χ1n) is 6.20. The monoisotopic (exact) mass is 287 g/mol. The third-order valence-electron chi connectivity index (χ3n) is 3.17. The Balaban J connectivity index is 2.26. The summed E-state index contributed by atoms with van der Waals surface area (Å²) in [6.45, 7) is 0.415. The minimum absolute atomic E-state index is 0.415. The van der Waals surface area contributed by atoms with Crippen LogP contribution in [0.1, 0.15) is 0 Å². The minimum atomic E-state index is 0.415. The molecular formula is C15H14ClN3O. The predicted molar refractivity (Wildman–Crippen MR) is 81.6 cm³/mol. The van der Waals surface area contributed by atoms with Crippen LogP contribution in [0.15, 0.2) is 42.5 Å². The minimum Gasteiger partial charge on any atom is -0.397 e. The van der Waals surface area contributed by atoms with E-state index in [-0.39, 0.29) is 0 Å². The molecule has 0 aliphatic rings. The van der Waals surface area contributed by atoms with Crippen LogP contribution in [-0.2, 0) is 11.5 Å². The number of nitrogens with zero attached hydrogens (tertiary/aromatic N) is 2. The molecule has 20 heavy (non-hydrogen) atoms. The van der Waals surface area contributed by atoms with E-state index in [1.807, 2.05) is 47.0 Å². The lowest BCUT2D eigenvalue weighted by Crippen LogP contribution is -2.02. The third kappa shape index (κ3) is 2.13. The van der Waals surface area contributed by atoms with Gasteiger partial charge in [-0.3, -0.25) is 4.57 Å². The fraction of sp³-hybridized carbons (Fsp3) is 0.133. The zero-order chi connectivity index (χ0) is 14.1. The summed E-state index contributed by atoms with van der Waals surface area (Å²) in [5.41, 5.74) is 9.37. The average Bonchev–Trinajstić information content (AvgIpc) is 2.81. The highest BCUT2D eigenvalue weighted by atomic mass is 35.5. The van der Waals surface area contributed by atoms with Crippen molar-refractivity contribution in [1.82, 2.24) is 9.55 Å². The number of nitrogen functional groups attached to an aromatic ring is 1. The number of hydrogen-bond donors (Lipinski definition) is 1. The molecule has 0 radical (unpaired) electrons. The summed E-state index contributed by atoms with van der Waals surface area (Å²) in [5, 5.41) is 0.697. The zero-order valence-electron chi connectivity index (χ0n) is 11.0. The second kappa shape index (κ2) is 5.15. The van der Waals surface area contributed by atoms with Crippen molar-refractivity contribution >= 4 is 28.3 Å². The van der Waals surface area contributed by atoms with E-state index in [1.54, 1.807) is 7.11 Å². The molecule has 1 aromatic heterocycles. The Hall–Kier alpha value is -2.04. The molecule has 3 aromatic rings.